The summed E-state index contributed by atoms with van der Waals surface area (Å²) in [6.45, 7) is 5.08. The second-order valence-electron chi connectivity index (χ2n) is 7.00. The molecule has 1 aromatic rings. The lowest BCUT2D eigenvalue weighted by atomic mass is 9.91. The maximum absolute atomic E-state index is 13.5. The van der Waals surface area contributed by atoms with Crippen molar-refractivity contribution in [1.29, 1.82) is 0 Å². The number of carbonyl (C=O) groups is 3. The summed E-state index contributed by atoms with van der Waals surface area (Å²) in [5.74, 6) is -11.4. The van der Waals surface area contributed by atoms with Gasteiger partial charge < -0.3 is 4.74 Å². The first-order valence-electron chi connectivity index (χ1n) is 7.91. The zero-order valence-electron chi connectivity index (χ0n) is 15.6. The van der Waals surface area contributed by atoms with Crippen LogP contribution in [0.3, 0.4) is 0 Å². The summed E-state index contributed by atoms with van der Waals surface area (Å²) >= 11 is 0. The van der Waals surface area contributed by atoms with Crippen LogP contribution in [-0.2, 0) is 20.2 Å². The Morgan fingerprint density at radius 3 is 1.97 bits per heavy atom. The first-order valence-corrected chi connectivity index (χ1v) is 7.91. The van der Waals surface area contributed by atoms with Gasteiger partial charge in [0.1, 0.15) is 5.60 Å². The summed E-state index contributed by atoms with van der Waals surface area (Å²) in [5, 5.41) is 11.2. The van der Waals surface area contributed by atoms with Crippen LogP contribution >= 0.6 is 0 Å². The van der Waals surface area contributed by atoms with E-state index in [-0.39, 0.29) is 12.1 Å². The highest BCUT2D eigenvalue weighted by Gasteiger charge is 2.59. The number of hydrogen-bond acceptors (Lipinski definition) is 6. The third-order valence-electron chi connectivity index (χ3n) is 3.49. The zero-order chi connectivity index (χ0) is 22.9. The Labute approximate surface area is 161 Å². The molecular formula is C17H16F5NO6. The number of esters is 1. The Morgan fingerprint density at radius 1 is 1.07 bits per heavy atom. The highest BCUT2D eigenvalue weighted by molar-refractivity contribution is 6.23. The van der Waals surface area contributed by atoms with Gasteiger partial charge >= 0.3 is 18.1 Å². The van der Waals surface area contributed by atoms with E-state index in [2.05, 4.69) is 0 Å². The second-order valence-corrected chi connectivity index (χ2v) is 7.00. The maximum atomic E-state index is 13.5. The number of rotatable bonds is 6. The smallest absolute Gasteiger partial charge is 0.458 e. The van der Waals surface area contributed by atoms with Gasteiger partial charge in [-0.05, 0) is 33.8 Å². The molecule has 0 aliphatic heterocycles. The summed E-state index contributed by atoms with van der Waals surface area (Å²) in [5.41, 5.74) is -5.30. The van der Waals surface area contributed by atoms with Crippen LogP contribution in [0, 0.1) is 16.0 Å². The Balaban J connectivity index is 3.52. The molecule has 0 aliphatic carbocycles. The Bertz CT molecular complexity index is 857. The second kappa shape index (κ2) is 7.84. The number of nitro benzene ring substituents is 1. The minimum atomic E-state index is -6.04. The van der Waals surface area contributed by atoms with Crippen LogP contribution in [0.5, 0.6) is 0 Å². The van der Waals surface area contributed by atoms with Gasteiger partial charge in [0, 0.05) is 11.6 Å². The number of ketones is 2. The van der Waals surface area contributed by atoms with E-state index in [1.165, 1.54) is 20.8 Å². The van der Waals surface area contributed by atoms with Crippen molar-refractivity contribution in [2.75, 3.05) is 0 Å². The average Bonchev–Trinajstić information content (AvgIpc) is 2.50. The van der Waals surface area contributed by atoms with E-state index in [0.29, 0.717) is 6.07 Å². The lowest BCUT2D eigenvalue weighted by Gasteiger charge is -2.22. The van der Waals surface area contributed by atoms with Crippen LogP contribution in [0.1, 0.15) is 43.6 Å². The highest BCUT2D eigenvalue weighted by Crippen LogP contribution is 2.45. The first-order chi connectivity index (χ1) is 12.9. The quantitative estimate of drug-likeness (QED) is 0.171. The van der Waals surface area contributed by atoms with Gasteiger partial charge in [-0.3, -0.25) is 24.5 Å². The molecule has 160 valence electrons. The molecular weight excluding hydrogens is 409 g/mol. The molecule has 1 unspecified atom stereocenters. The largest absolute Gasteiger partial charge is 0.459 e. The Morgan fingerprint density at radius 2 is 1.59 bits per heavy atom. The molecule has 0 saturated heterocycles. The molecule has 0 aliphatic rings. The molecule has 0 bridgehead atoms. The lowest BCUT2D eigenvalue weighted by molar-refractivity contribution is -0.385. The van der Waals surface area contributed by atoms with Gasteiger partial charge in [-0.25, -0.2) is 0 Å². The topological polar surface area (TPSA) is 104 Å². The minimum absolute atomic E-state index is 0.118. The van der Waals surface area contributed by atoms with Crippen molar-refractivity contribution >= 4 is 23.2 Å². The van der Waals surface area contributed by atoms with Crippen LogP contribution in [0.25, 0.3) is 0 Å². The normalized spacial score (nSPS) is 13.6. The minimum Gasteiger partial charge on any atom is -0.459 e. The van der Waals surface area contributed by atoms with E-state index in [1.807, 2.05) is 0 Å². The molecule has 7 nitrogen and oxygen atoms in total. The molecule has 0 aromatic heterocycles. The van der Waals surface area contributed by atoms with E-state index in [1.54, 1.807) is 0 Å². The predicted octanol–water partition coefficient (Wildman–Crippen LogP) is 3.98. The van der Waals surface area contributed by atoms with Gasteiger partial charge in [0.15, 0.2) is 17.5 Å². The number of hydrogen-bond donors (Lipinski definition) is 0. The molecule has 0 heterocycles. The van der Waals surface area contributed by atoms with Crippen molar-refractivity contribution in [2.24, 2.45) is 5.92 Å². The summed E-state index contributed by atoms with van der Waals surface area (Å²) in [6, 6.07) is 0.392. The maximum Gasteiger partial charge on any atom is 0.458 e. The van der Waals surface area contributed by atoms with E-state index >= 15 is 0 Å². The number of benzene rings is 1. The number of halogens is 5. The van der Waals surface area contributed by atoms with Crippen LogP contribution in [0.4, 0.5) is 27.6 Å². The molecule has 29 heavy (non-hydrogen) atoms. The summed E-state index contributed by atoms with van der Waals surface area (Å²) in [4.78, 5) is 46.3. The first kappa shape index (κ1) is 24.1. The molecule has 1 rings (SSSR count). The van der Waals surface area contributed by atoms with Crippen molar-refractivity contribution < 1.29 is 46.0 Å². The molecule has 12 heteroatoms. The number of carbonyl (C=O) groups excluding carboxylic acids is 3. The third kappa shape index (κ3) is 5.33. The molecule has 0 fully saturated rings. The number of alkyl halides is 5. The van der Waals surface area contributed by atoms with E-state index in [9.17, 15) is 46.5 Å². The Hall–Kier alpha value is -2.92. The average molecular weight is 425 g/mol. The van der Waals surface area contributed by atoms with Crippen molar-refractivity contribution in [2.45, 2.75) is 45.4 Å². The SMILES string of the molecule is CC(=O)C(C(=O)OC(C)(C)C)C(=O)c1ccc(C(F)(F)C(F)(F)F)cc1[N+](=O)[O-]. The number of ether oxygens (including phenoxy) is 1. The van der Waals surface area contributed by atoms with Gasteiger partial charge in [0.2, 0.25) is 0 Å². The van der Waals surface area contributed by atoms with E-state index in [4.69, 9.17) is 4.74 Å². The highest BCUT2D eigenvalue weighted by atomic mass is 19.4. The van der Waals surface area contributed by atoms with Crippen molar-refractivity contribution in [3.05, 3.63) is 39.4 Å². The fraction of sp³-hybridized carbons (Fsp3) is 0.471. The van der Waals surface area contributed by atoms with Gasteiger partial charge in [-0.1, -0.05) is 6.07 Å². The molecule has 1 aromatic carbocycles. The standard InChI is InChI=1S/C17H16F5NO6/c1-8(24)12(14(26)29-15(2,3)4)13(25)10-6-5-9(7-11(10)23(27)28)16(18,19)17(20,21)22/h5-7,12H,1-4H3. The molecule has 0 saturated carbocycles. The molecule has 0 radical (unpaired) electrons. The van der Waals surface area contributed by atoms with Gasteiger partial charge in [0.05, 0.1) is 10.5 Å². The number of nitro groups is 1. The van der Waals surface area contributed by atoms with Gasteiger partial charge in [-0.2, -0.15) is 22.0 Å². The van der Waals surface area contributed by atoms with E-state index in [0.717, 1.165) is 6.92 Å². The summed E-state index contributed by atoms with van der Waals surface area (Å²) < 4.78 is 69.4. The van der Waals surface area contributed by atoms with Gasteiger partial charge in [-0.15, -0.1) is 0 Å². The molecule has 0 amide bonds. The zero-order valence-corrected chi connectivity index (χ0v) is 15.6. The molecule has 0 N–H and O–H groups in total. The monoisotopic (exact) mass is 425 g/mol. The summed E-state index contributed by atoms with van der Waals surface area (Å²) in [7, 11) is 0. The van der Waals surface area contributed by atoms with E-state index < -0.39 is 62.9 Å². The molecule has 1 atom stereocenters. The fourth-order valence-electron chi connectivity index (χ4n) is 2.22. The van der Waals surface area contributed by atoms with Crippen LogP contribution in [0.15, 0.2) is 18.2 Å². The molecule has 0 spiro atoms. The van der Waals surface area contributed by atoms with Crippen molar-refractivity contribution in [3.63, 3.8) is 0 Å². The fourth-order valence-corrected chi connectivity index (χ4v) is 2.22. The number of nitrogens with zero attached hydrogens (tertiary/aromatic N) is 1. The van der Waals surface area contributed by atoms with Crippen molar-refractivity contribution in [3.8, 4) is 0 Å². The lowest BCUT2D eigenvalue weighted by Crippen LogP contribution is -2.37. The Kier molecular flexibility index (Phi) is 6.52. The third-order valence-corrected chi connectivity index (χ3v) is 3.49. The van der Waals surface area contributed by atoms with Gasteiger partial charge in [0.25, 0.3) is 5.69 Å². The van der Waals surface area contributed by atoms with Crippen LogP contribution < -0.4 is 0 Å². The van der Waals surface area contributed by atoms with Crippen LogP contribution in [-0.4, -0.2) is 34.2 Å². The van der Waals surface area contributed by atoms with Crippen molar-refractivity contribution in [1.82, 2.24) is 0 Å². The van der Waals surface area contributed by atoms with Crippen LogP contribution in [0.2, 0.25) is 0 Å². The number of Topliss-reactive ketones (excluding diaryl/α,β-unsaturated/α-hetero) is 2. The summed E-state index contributed by atoms with van der Waals surface area (Å²) in [6.07, 6.45) is -6.04. The predicted molar refractivity (Wildman–Crippen MR) is 87.4 cm³/mol.